The minimum Gasteiger partial charge on any atom is -0.465 e. The molecule has 21 heavy (non-hydrogen) atoms. The summed E-state index contributed by atoms with van der Waals surface area (Å²) < 4.78 is 5.09. The van der Waals surface area contributed by atoms with Gasteiger partial charge in [0.2, 0.25) is 0 Å². The summed E-state index contributed by atoms with van der Waals surface area (Å²) in [6, 6.07) is 10.2. The Labute approximate surface area is 125 Å². The number of benzene rings is 1. The van der Waals surface area contributed by atoms with Crippen LogP contribution in [-0.2, 0) is 9.53 Å². The van der Waals surface area contributed by atoms with Crippen molar-refractivity contribution in [2.75, 3.05) is 18.1 Å². The lowest BCUT2D eigenvalue weighted by Crippen LogP contribution is -2.36. The average Bonchev–Trinajstić information content (AvgIpc) is 2.44. The minimum atomic E-state index is -0.204. The molecule has 0 amide bonds. The molecule has 0 aliphatic heterocycles. The third-order valence-electron chi connectivity index (χ3n) is 3.36. The van der Waals surface area contributed by atoms with Crippen molar-refractivity contribution in [1.29, 1.82) is 0 Å². The third-order valence-corrected chi connectivity index (χ3v) is 3.36. The highest BCUT2D eigenvalue weighted by Gasteiger charge is 2.18. The van der Waals surface area contributed by atoms with Crippen molar-refractivity contribution in [2.45, 2.75) is 33.7 Å². The van der Waals surface area contributed by atoms with Crippen molar-refractivity contribution in [3.8, 4) is 0 Å². The molecule has 0 bridgehead atoms. The Hall–Kier alpha value is -2.10. The van der Waals surface area contributed by atoms with Crippen LogP contribution in [0.4, 0.5) is 5.69 Å². The molecule has 0 fully saturated rings. The van der Waals surface area contributed by atoms with Crippen LogP contribution in [0.15, 0.2) is 30.3 Å². The fourth-order valence-corrected chi connectivity index (χ4v) is 2.41. The van der Waals surface area contributed by atoms with E-state index in [-0.39, 0.29) is 18.6 Å². The minimum absolute atomic E-state index is 0.194. The lowest BCUT2D eigenvalue weighted by Gasteiger charge is -2.29. The van der Waals surface area contributed by atoms with Gasteiger partial charge < -0.3 is 9.64 Å². The third kappa shape index (κ3) is 3.51. The van der Waals surface area contributed by atoms with E-state index in [9.17, 15) is 4.79 Å². The van der Waals surface area contributed by atoms with E-state index in [0.29, 0.717) is 6.61 Å². The number of aromatic nitrogens is 1. The van der Waals surface area contributed by atoms with Crippen LogP contribution in [0.1, 0.15) is 26.5 Å². The van der Waals surface area contributed by atoms with Crippen LogP contribution >= 0.6 is 0 Å². The highest BCUT2D eigenvalue weighted by atomic mass is 16.5. The molecule has 112 valence electrons. The highest BCUT2D eigenvalue weighted by molar-refractivity contribution is 5.93. The molecular formula is C17H22N2O2. The van der Waals surface area contributed by atoms with Crippen LogP contribution in [-0.4, -0.2) is 30.1 Å². The average molecular weight is 286 g/mol. The lowest BCUT2D eigenvalue weighted by molar-refractivity contribution is -0.141. The first-order valence-electron chi connectivity index (χ1n) is 7.31. The number of anilines is 1. The van der Waals surface area contributed by atoms with Gasteiger partial charge in [0.05, 0.1) is 12.1 Å². The number of pyridine rings is 1. The number of carbonyl (C=O) groups is 1. The molecule has 0 saturated carbocycles. The molecule has 0 radical (unpaired) electrons. The first kappa shape index (κ1) is 15.3. The number of hydrogen-bond acceptors (Lipinski definition) is 4. The van der Waals surface area contributed by atoms with Gasteiger partial charge >= 0.3 is 5.97 Å². The van der Waals surface area contributed by atoms with Crippen LogP contribution in [0.3, 0.4) is 0 Å². The second-order valence-corrected chi connectivity index (χ2v) is 5.33. The smallest absolute Gasteiger partial charge is 0.325 e. The standard InChI is InChI=1S/C17H22N2O2/c1-5-21-17(20)11-19(12(2)3)16-10-13(4)18-15-9-7-6-8-14(15)16/h6-10,12H,5,11H2,1-4H3. The summed E-state index contributed by atoms with van der Waals surface area (Å²) in [4.78, 5) is 18.5. The predicted octanol–water partition coefficient (Wildman–Crippen LogP) is 3.32. The zero-order valence-electron chi connectivity index (χ0n) is 13.1. The van der Waals surface area contributed by atoms with E-state index in [1.165, 1.54) is 0 Å². The summed E-state index contributed by atoms with van der Waals surface area (Å²) in [5, 5.41) is 1.06. The van der Waals surface area contributed by atoms with Crippen molar-refractivity contribution in [1.82, 2.24) is 4.98 Å². The van der Waals surface area contributed by atoms with Crippen molar-refractivity contribution >= 4 is 22.6 Å². The number of esters is 1. The number of para-hydroxylation sites is 1. The van der Waals surface area contributed by atoms with E-state index in [0.717, 1.165) is 22.3 Å². The van der Waals surface area contributed by atoms with E-state index in [4.69, 9.17) is 4.74 Å². The number of carbonyl (C=O) groups excluding carboxylic acids is 1. The van der Waals surface area contributed by atoms with Gasteiger partial charge in [-0.3, -0.25) is 9.78 Å². The molecule has 0 atom stereocenters. The molecule has 0 aliphatic rings. The van der Waals surface area contributed by atoms with Gasteiger partial charge in [-0.1, -0.05) is 18.2 Å². The Bertz CT molecular complexity index is 638. The summed E-state index contributed by atoms with van der Waals surface area (Å²) in [6.07, 6.45) is 0. The molecule has 4 nitrogen and oxygen atoms in total. The molecule has 2 aromatic rings. The molecule has 0 spiro atoms. The Balaban J connectivity index is 2.47. The van der Waals surface area contributed by atoms with Gasteiger partial charge in [-0.25, -0.2) is 0 Å². The number of nitrogens with zero attached hydrogens (tertiary/aromatic N) is 2. The number of ether oxygens (including phenoxy) is 1. The maximum Gasteiger partial charge on any atom is 0.325 e. The van der Waals surface area contributed by atoms with Crippen molar-refractivity contribution < 1.29 is 9.53 Å². The number of hydrogen-bond donors (Lipinski definition) is 0. The zero-order chi connectivity index (χ0) is 15.4. The van der Waals surface area contributed by atoms with Gasteiger partial charge in [0.1, 0.15) is 6.54 Å². The van der Waals surface area contributed by atoms with Gasteiger partial charge in [0.15, 0.2) is 0 Å². The molecule has 0 saturated heterocycles. The van der Waals surface area contributed by atoms with E-state index < -0.39 is 0 Å². The van der Waals surface area contributed by atoms with Crippen LogP contribution in [0.25, 0.3) is 10.9 Å². The van der Waals surface area contributed by atoms with E-state index in [1.807, 2.05) is 44.2 Å². The maximum atomic E-state index is 11.9. The highest BCUT2D eigenvalue weighted by Crippen LogP contribution is 2.28. The Morgan fingerprint density at radius 3 is 2.71 bits per heavy atom. The first-order chi connectivity index (χ1) is 10.0. The first-order valence-corrected chi connectivity index (χ1v) is 7.31. The Kier molecular flexibility index (Phi) is 4.78. The van der Waals surface area contributed by atoms with E-state index in [2.05, 4.69) is 23.7 Å². The molecular weight excluding hydrogens is 264 g/mol. The number of fused-ring (bicyclic) bond motifs is 1. The normalized spacial score (nSPS) is 10.9. The van der Waals surface area contributed by atoms with Gasteiger partial charge in [-0.05, 0) is 39.8 Å². The Morgan fingerprint density at radius 1 is 1.33 bits per heavy atom. The van der Waals surface area contributed by atoms with Crippen molar-refractivity contribution in [3.05, 3.63) is 36.0 Å². The largest absolute Gasteiger partial charge is 0.465 e. The summed E-state index contributed by atoms with van der Waals surface area (Å²) in [5.41, 5.74) is 2.92. The fourth-order valence-electron chi connectivity index (χ4n) is 2.41. The van der Waals surface area contributed by atoms with Crippen LogP contribution in [0.5, 0.6) is 0 Å². The molecule has 0 N–H and O–H groups in total. The van der Waals surface area contributed by atoms with Crippen LogP contribution < -0.4 is 4.90 Å². The topological polar surface area (TPSA) is 42.4 Å². The SMILES string of the molecule is CCOC(=O)CN(c1cc(C)nc2ccccc12)C(C)C. The van der Waals surface area contributed by atoms with E-state index >= 15 is 0 Å². The molecule has 1 aromatic heterocycles. The molecule has 1 heterocycles. The summed E-state index contributed by atoms with van der Waals surface area (Å²) in [6.45, 7) is 8.59. The van der Waals surface area contributed by atoms with Crippen LogP contribution in [0, 0.1) is 6.92 Å². The summed E-state index contributed by atoms with van der Waals surface area (Å²) in [5.74, 6) is -0.204. The molecule has 1 aromatic carbocycles. The monoisotopic (exact) mass is 286 g/mol. The molecule has 2 rings (SSSR count). The van der Waals surface area contributed by atoms with Gasteiger partial charge in [-0.2, -0.15) is 0 Å². The second kappa shape index (κ2) is 6.57. The molecule has 0 unspecified atom stereocenters. The van der Waals surface area contributed by atoms with Gasteiger partial charge in [-0.15, -0.1) is 0 Å². The molecule has 4 heteroatoms. The zero-order valence-corrected chi connectivity index (χ0v) is 13.1. The van der Waals surface area contributed by atoms with Gasteiger partial charge in [0.25, 0.3) is 0 Å². The maximum absolute atomic E-state index is 11.9. The quantitative estimate of drug-likeness (QED) is 0.791. The number of aryl methyl sites for hydroxylation is 1. The summed E-state index contributed by atoms with van der Waals surface area (Å²) >= 11 is 0. The Morgan fingerprint density at radius 2 is 2.05 bits per heavy atom. The molecule has 0 aliphatic carbocycles. The number of rotatable bonds is 5. The van der Waals surface area contributed by atoms with E-state index in [1.54, 1.807) is 0 Å². The predicted molar refractivity (Wildman–Crippen MR) is 85.6 cm³/mol. The van der Waals surface area contributed by atoms with Gasteiger partial charge in [0, 0.05) is 22.8 Å². The summed E-state index contributed by atoms with van der Waals surface area (Å²) in [7, 11) is 0. The van der Waals surface area contributed by atoms with Crippen molar-refractivity contribution in [3.63, 3.8) is 0 Å². The fraction of sp³-hybridized carbons (Fsp3) is 0.412. The lowest BCUT2D eigenvalue weighted by atomic mass is 10.1. The van der Waals surface area contributed by atoms with Crippen LogP contribution in [0.2, 0.25) is 0 Å². The van der Waals surface area contributed by atoms with Crippen molar-refractivity contribution in [2.24, 2.45) is 0 Å². The second-order valence-electron chi connectivity index (χ2n) is 5.33.